The lowest BCUT2D eigenvalue weighted by molar-refractivity contribution is -0.137. The average Bonchev–Trinajstić information content (AvgIpc) is 2.97. The summed E-state index contributed by atoms with van der Waals surface area (Å²) in [5.41, 5.74) is 1.88. The number of pyridine rings is 1. The molecule has 6 nitrogen and oxygen atoms in total. The number of aromatic nitrogens is 3. The van der Waals surface area contributed by atoms with Crippen LogP contribution in [0.5, 0.6) is 0 Å². The van der Waals surface area contributed by atoms with Crippen LogP contribution in [0, 0.1) is 0 Å². The molecule has 1 aliphatic rings. The third kappa shape index (κ3) is 6.44. The van der Waals surface area contributed by atoms with Crippen LogP contribution in [-0.2, 0) is 12.6 Å². The third-order valence-electron chi connectivity index (χ3n) is 6.65. The molecule has 10 heteroatoms. The Morgan fingerprint density at radius 3 is 2.58 bits per heavy atom. The van der Waals surface area contributed by atoms with Crippen molar-refractivity contribution in [1.29, 1.82) is 0 Å². The summed E-state index contributed by atoms with van der Waals surface area (Å²) >= 11 is 1.38. The Balaban J connectivity index is 1.41. The van der Waals surface area contributed by atoms with E-state index in [2.05, 4.69) is 20.3 Å². The summed E-state index contributed by atoms with van der Waals surface area (Å²) in [4.78, 5) is 29.5. The number of anilines is 2. The van der Waals surface area contributed by atoms with E-state index in [1.165, 1.54) is 17.8 Å². The number of piperidine rings is 1. The van der Waals surface area contributed by atoms with Gasteiger partial charge in [0.05, 0.1) is 22.6 Å². The number of benzene rings is 2. The Morgan fingerprint density at radius 1 is 0.975 bits per heavy atom. The van der Waals surface area contributed by atoms with Gasteiger partial charge in [0.1, 0.15) is 10.9 Å². The molecule has 2 aromatic heterocycles. The lowest BCUT2D eigenvalue weighted by atomic mass is 10.1. The molecule has 5 rings (SSSR count). The van der Waals surface area contributed by atoms with Gasteiger partial charge in [0.15, 0.2) is 0 Å². The number of carbonyl (C=O) groups is 1. The zero-order chi connectivity index (χ0) is 28.1. The van der Waals surface area contributed by atoms with E-state index in [-0.39, 0.29) is 5.69 Å². The van der Waals surface area contributed by atoms with Gasteiger partial charge in [0.2, 0.25) is 0 Å². The van der Waals surface area contributed by atoms with Crippen molar-refractivity contribution in [1.82, 2.24) is 15.0 Å². The van der Waals surface area contributed by atoms with Crippen molar-refractivity contribution in [2.45, 2.75) is 48.7 Å². The smallest absolute Gasteiger partial charge is 0.370 e. The van der Waals surface area contributed by atoms with Crippen molar-refractivity contribution in [2.75, 3.05) is 23.3 Å². The molecule has 1 fully saturated rings. The molecule has 0 atom stereocenters. The molecular formula is C30H28F3N5OS. The van der Waals surface area contributed by atoms with E-state index in [0.29, 0.717) is 22.7 Å². The van der Waals surface area contributed by atoms with Crippen LogP contribution in [0.15, 0.2) is 83.0 Å². The minimum Gasteiger partial charge on any atom is -0.370 e. The molecule has 1 amide bonds. The van der Waals surface area contributed by atoms with Crippen LogP contribution < -0.4 is 10.2 Å². The van der Waals surface area contributed by atoms with Crippen LogP contribution in [0.1, 0.15) is 47.9 Å². The number of nitrogens with one attached hydrogen (secondary N) is 1. The second-order valence-corrected chi connectivity index (χ2v) is 10.5. The molecule has 2 aromatic carbocycles. The minimum absolute atomic E-state index is 0.155. The first-order valence-corrected chi connectivity index (χ1v) is 14.0. The van der Waals surface area contributed by atoms with Crippen LogP contribution in [0.3, 0.4) is 0 Å². The maximum absolute atomic E-state index is 13.5. The largest absolute Gasteiger partial charge is 0.416 e. The second kappa shape index (κ2) is 12.1. The van der Waals surface area contributed by atoms with Gasteiger partial charge in [0, 0.05) is 47.9 Å². The SMILES string of the molecule is CCc1nccc(-c2cccnc2Sc2cccc(C(=O)Nc3cc(C(F)(F)F)ccc3N3CCCCC3)c2)n1. The van der Waals surface area contributed by atoms with Gasteiger partial charge in [-0.1, -0.05) is 24.8 Å². The molecule has 3 heterocycles. The molecule has 0 saturated carbocycles. The van der Waals surface area contributed by atoms with E-state index in [4.69, 9.17) is 0 Å². The molecular weight excluding hydrogens is 535 g/mol. The van der Waals surface area contributed by atoms with E-state index < -0.39 is 17.6 Å². The predicted octanol–water partition coefficient (Wildman–Crippen LogP) is 7.51. The van der Waals surface area contributed by atoms with Gasteiger partial charge in [-0.2, -0.15) is 13.2 Å². The van der Waals surface area contributed by atoms with Gasteiger partial charge in [0.25, 0.3) is 5.91 Å². The zero-order valence-electron chi connectivity index (χ0n) is 21.9. The summed E-state index contributed by atoms with van der Waals surface area (Å²) in [6.07, 6.45) is 2.60. The maximum atomic E-state index is 13.5. The summed E-state index contributed by atoms with van der Waals surface area (Å²) in [6.45, 7) is 3.46. The Morgan fingerprint density at radius 2 is 1.80 bits per heavy atom. The maximum Gasteiger partial charge on any atom is 0.416 e. The number of alkyl halides is 3. The fourth-order valence-electron chi connectivity index (χ4n) is 4.62. The zero-order valence-corrected chi connectivity index (χ0v) is 22.7. The van der Waals surface area contributed by atoms with Crippen LogP contribution in [0.2, 0.25) is 0 Å². The molecule has 40 heavy (non-hydrogen) atoms. The van der Waals surface area contributed by atoms with Crippen molar-refractivity contribution < 1.29 is 18.0 Å². The Bertz CT molecular complexity index is 1500. The molecule has 206 valence electrons. The lowest BCUT2D eigenvalue weighted by Gasteiger charge is -2.31. The van der Waals surface area contributed by atoms with Crippen molar-refractivity contribution in [3.63, 3.8) is 0 Å². The van der Waals surface area contributed by atoms with E-state index in [9.17, 15) is 18.0 Å². The number of rotatable bonds is 7. The molecule has 0 unspecified atom stereocenters. The molecule has 0 aliphatic carbocycles. The Labute approximate surface area is 235 Å². The number of aryl methyl sites for hydroxylation is 1. The van der Waals surface area contributed by atoms with Gasteiger partial charge in [-0.05, 0) is 73.9 Å². The highest BCUT2D eigenvalue weighted by Crippen LogP contribution is 2.37. The number of halogens is 3. The van der Waals surface area contributed by atoms with Gasteiger partial charge in [-0.15, -0.1) is 0 Å². The highest BCUT2D eigenvalue weighted by molar-refractivity contribution is 7.99. The normalized spacial score (nSPS) is 13.8. The predicted molar refractivity (Wildman–Crippen MR) is 151 cm³/mol. The molecule has 4 aromatic rings. The monoisotopic (exact) mass is 563 g/mol. The molecule has 1 aliphatic heterocycles. The highest BCUT2D eigenvalue weighted by atomic mass is 32.2. The first-order chi connectivity index (χ1) is 19.3. The molecule has 1 saturated heterocycles. The first kappa shape index (κ1) is 27.6. The Kier molecular flexibility index (Phi) is 8.35. The lowest BCUT2D eigenvalue weighted by Crippen LogP contribution is -2.30. The molecule has 1 N–H and O–H groups in total. The summed E-state index contributed by atoms with van der Waals surface area (Å²) in [5.74, 6) is 0.249. The van der Waals surface area contributed by atoms with Crippen molar-refractivity contribution >= 4 is 29.0 Å². The standard InChI is InChI=1S/C30H28F3N5OS/c1-2-27-34-15-13-24(36-27)23-10-7-14-35-29(23)40-22-9-6-8-20(18-22)28(39)37-25-19-21(30(31,32)33)11-12-26(25)38-16-4-3-5-17-38/h6-15,18-19H,2-5,16-17H2,1H3,(H,37,39). The van der Waals surface area contributed by atoms with Crippen LogP contribution >= 0.6 is 11.8 Å². The summed E-state index contributed by atoms with van der Waals surface area (Å²) < 4.78 is 40.6. The Hall–Kier alpha value is -3.92. The van der Waals surface area contributed by atoms with Gasteiger partial charge in [-0.25, -0.2) is 15.0 Å². The van der Waals surface area contributed by atoms with Gasteiger partial charge >= 0.3 is 6.18 Å². The number of amides is 1. The van der Waals surface area contributed by atoms with Gasteiger partial charge in [-0.3, -0.25) is 4.79 Å². The van der Waals surface area contributed by atoms with Crippen molar-refractivity contribution in [3.05, 3.63) is 90.0 Å². The number of hydrogen-bond donors (Lipinski definition) is 1. The summed E-state index contributed by atoms with van der Waals surface area (Å²) in [5, 5.41) is 3.47. The summed E-state index contributed by atoms with van der Waals surface area (Å²) in [6, 6.07) is 16.1. The number of hydrogen-bond acceptors (Lipinski definition) is 6. The summed E-state index contributed by atoms with van der Waals surface area (Å²) in [7, 11) is 0. The topological polar surface area (TPSA) is 71.0 Å². The number of nitrogens with zero attached hydrogens (tertiary/aromatic N) is 4. The second-order valence-electron chi connectivity index (χ2n) is 9.43. The van der Waals surface area contributed by atoms with Gasteiger partial charge < -0.3 is 10.2 Å². The highest BCUT2D eigenvalue weighted by Gasteiger charge is 2.32. The van der Waals surface area contributed by atoms with E-state index >= 15 is 0 Å². The first-order valence-electron chi connectivity index (χ1n) is 13.1. The number of carbonyl (C=O) groups excluding carboxylic acids is 1. The third-order valence-corrected chi connectivity index (χ3v) is 7.66. The van der Waals surface area contributed by atoms with Crippen LogP contribution in [0.4, 0.5) is 24.5 Å². The fourth-order valence-corrected chi connectivity index (χ4v) is 5.57. The molecule has 0 bridgehead atoms. The quantitative estimate of drug-likeness (QED) is 0.251. The van der Waals surface area contributed by atoms with Crippen LogP contribution in [0.25, 0.3) is 11.3 Å². The average molecular weight is 564 g/mol. The van der Waals surface area contributed by atoms with E-state index in [1.807, 2.05) is 36.1 Å². The van der Waals surface area contributed by atoms with E-state index in [1.54, 1.807) is 30.6 Å². The molecule has 0 radical (unpaired) electrons. The fraction of sp³-hybridized carbons (Fsp3) is 0.267. The minimum atomic E-state index is -4.52. The molecule has 0 spiro atoms. The van der Waals surface area contributed by atoms with Crippen molar-refractivity contribution in [2.24, 2.45) is 0 Å². The van der Waals surface area contributed by atoms with E-state index in [0.717, 1.165) is 66.5 Å². The van der Waals surface area contributed by atoms with Crippen molar-refractivity contribution in [3.8, 4) is 11.3 Å². The van der Waals surface area contributed by atoms with Crippen LogP contribution in [-0.4, -0.2) is 33.9 Å².